The van der Waals surface area contributed by atoms with E-state index in [2.05, 4.69) is 4.99 Å². The molecular formula is C17H19N3O3S. The highest BCUT2D eigenvalue weighted by atomic mass is 32.2. The van der Waals surface area contributed by atoms with Crippen LogP contribution in [0.1, 0.15) is 12.0 Å². The van der Waals surface area contributed by atoms with E-state index in [0.717, 1.165) is 22.9 Å². The Bertz CT molecular complexity index is 846. The first-order valence-corrected chi connectivity index (χ1v) is 8.61. The number of nitrogens with zero attached hydrogens (tertiary/aromatic N) is 3. The molecule has 0 N–H and O–H groups in total. The topological polar surface area (TPSA) is 65.7 Å². The van der Waals surface area contributed by atoms with Gasteiger partial charge in [0.25, 0.3) is 5.56 Å². The molecule has 0 fully saturated rings. The second kappa shape index (κ2) is 7.09. The number of hydrogen-bond donors (Lipinski definition) is 0. The van der Waals surface area contributed by atoms with Crippen molar-refractivity contribution in [3.05, 3.63) is 34.1 Å². The van der Waals surface area contributed by atoms with Crippen LogP contribution in [0.4, 0.5) is 0 Å². The Hall–Kier alpha value is -2.28. The zero-order valence-electron chi connectivity index (χ0n) is 13.9. The molecule has 126 valence electrons. The number of hydrogen-bond acceptors (Lipinski definition) is 6. The van der Waals surface area contributed by atoms with E-state index in [9.17, 15) is 4.79 Å². The van der Waals surface area contributed by atoms with Crippen molar-refractivity contribution >= 4 is 18.0 Å². The highest BCUT2D eigenvalue weighted by Gasteiger charge is 2.22. The van der Waals surface area contributed by atoms with Crippen LogP contribution in [0.25, 0.3) is 11.3 Å². The average Bonchev–Trinajstić information content (AvgIpc) is 2.63. The van der Waals surface area contributed by atoms with Crippen molar-refractivity contribution in [2.75, 3.05) is 27.0 Å². The molecule has 2 heterocycles. The van der Waals surface area contributed by atoms with Gasteiger partial charge >= 0.3 is 0 Å². The molecule has 1 aliphatic heterocycles. The normalized spacial score (nSPS) is 13.8. The summed E-state index contributed by atoms with van der Waals surface area (Å²) in [6.45, 7) is 0.689. The van der Waals surface area contributed by atoms with Gasteiger partial charge in [-0.1, -0.05) is 17.8 Å². The van der Waals surface area contributed by atoms with Gasteiger partial charge < -0.3 is 9.47 Å². The molecule has 0 spiro atoms. The van der Waals surface area contributed by atoms with Gasteiger partial charge in [-0.25, -0.2) is 4.98 Å². The Morgan fingerprint density at radius 1 is 1.33 bits per heavy atom. The van der Waals surface area contributed by atoms with Crippen molar-refractivity contribution in [1.29, 1.82) is 0 Å². The second-order valence-electron chi connectivity index (χ2n) is 5.24. The molecule has 7 heteroatoms. The van der Waals surface area contributed by atoms with E-state index >= 15 is 0 Å². The van der Waals surface area contributed by atoms with Gasteiger partial charge in [0.1, 0.15) is 0 Å². The van der Waals surface area contributed by atoms with Gasteiger partial charge in [0.2, 0.25) is 0 Å². The molecule has 0 unspecified atom stereocenters. The number of thioether (sulfide) groups is 1. The van der Waals surface area contributed by atoms with E-state index in [1.165, 1.54) is 0 Å². The summed E-state index contributed by atoms with van der Waals surface area (Å²) in [5.74, 6) is 2.12. The number of para-hydroxylation sites is 1. The lowest BCUT2D eigenvalue weighted by atomic mass is 10.1. The van der Waals surface area contributed by atoms with Crippen LogP contribution in [-0.2, 0) is 6.54 Å². The molecule has 0 saturated heterocycles. The molecule has 3 rings (SSSR count). The van der Waals surface area contributed by atoms with Crippen LogP contribution >= 0.6 is 11.8 Å². The lowest BCUT2D eigenvalue weighted by Crippen LogP contribution is -2.29. The summed E-state index contributed by atoms with van der Waals surface area (Å²) in [5.41, 5.74) is 1.69. The largest absolute Gasteiger partial charge is 0.493 e. The number of aromatic nitrogens is 2. The Balaban J connectivity index is 2.32. The van der Waals surface area contributed by atoms with Crippen molar-refractivity contribution in [3.63, 3.8) is 0 Å². The quantitative estimate of drug-likeness (QED) is 0.629. The minimum Gasteiger partial charge on any atom is -0.493 e. The minimum absolute atomic E-state index is 0.0716. The van der Waals surface area contributed by atoms with Gasteiger partial charge in [-0.2, -0.15) is 0 Å². The van der Waals surface area contributed by atoms with Gasteiger partial charge in [-0.3, -0.25) is 14.4 Å². The van der Waals surface area contributed by atoms with Crippen molar-refractivity contribution in [2.45, 2.75) is 18.1 Å². The smallest absolute Gasteiger partial charge is 0.263 e. The Morgan fingerprint density at radius 3 is 2.88 bits per heavy atom. The standard InChI is InChI=1S/C17H19N3O3S/c1-18-10-12-14(11-6-4-7-13(22-2)15(11)23-3)19-17-20(16(12)21)8-5-9-24-17/h4,6-7,10H,5,8-9H2,1-3H3. The summed E-state index contributed by atoms with van der Waals surface area (Å²) in [4.78, 5) is 21.7. The molecular weight excluding hydrogens is 326 g/mol. The Labute approximate surface area is 144 Å². The molecule has 0 saturated carbocycles. The second-order valence-corrected chi connectivity index (χ2v) is 6.31. The predicted molar refractivity (Wildman–Crippen MR) is 95.9 cm³/mol. The number of rotatable bonds is 4. The third-order valence-electron chi connectivity index (χ3n) is 3.84. The van der Waals surface area contributed by atoms with Gasteiger partial charge in [0.05, 0.1) is 25.5 Å². The fourth-order valence-electron chi connectivity index (χ4n) is 2.77. The van der Waals surface area contributed by atoms with Crippen LogP contribution in [0, 0.1) is 0 Å². The van der Waals surface area contributed by atoms with E-state index in [0.29, 0.717) is 29.3 Å². The van der Waals surface area contributed by atoms with Gasteiger partial charge in [-0.05, 0) is 18.6 Å². The van der Waals surface area contributed by atoms with Crippen LogP contribution in [0.2, 0.25) is 0 Å². The van der Waals surface area contributed by atoms with Gasteiger partial charge in [0.15, 0.2) is 16.7 Å². The summed E-state index contributed by atoms with van der Waals surface area (Å²) in [7, 11) is 4.81. The number of benzene rings is 1. The van der Waals surface area contributed by atoms with E-state index in [1.807, 2.05) is 18.2 Å². The first-order chi connectivity index (χ1) is 11.7. The molecule has 0 atom stereocenters. The Morgan fingerprint density at radius 2 is 2.17 bits per heavy atom. The number of fused-ring (bicyclic) bond motifs is 1. The molecule has 2 aromatic rings. The van der Waals surface area contributed by atoms with E-state index in [1.54, 1.807) is 43.8 Å². The molecule has 0 aliphatic carbocycles. The molecule has 1 aliphatic rings. The van der Waals surface area contributed by atoms with Crippen LogP contribution in [-0.4, -0.2) is 42.8 Å². The number of methoxy groups -OCH3 is 2. The zero-order chi connectivity index (χ0) is 17.1. The molecule has 1 aromatic carbocycles. The maximum Gasteiger partial charge on any atom is 0.263 e. The molecule has 0 radical (unpaired) electrons. The highest BCUT2D eigenvalue weighted by molar-refractivity contribution is 7.99. The van der Waals surface area contributed by atoms with Crippen LogP contribution in [0.15, 0.2) is 33.1 Å². The maximum atomic E-state index is 12.9. The first-order valence-electron chi connectivity index (χ1n) is 7.62. The van der Waals surface area contributed by atoms with Crippen molar-refractivity contribution in [3.8, 4) is 22.8 Å². The van der Waals surface area contributed by atoms with Crippen LogP contribution in [0.3, 0.4) is 0 Å². The third-order valence-corrected chi connectivity index (χ3v) is 4.91. The summed E-state index contributed by atoms with van der Waals surface area (Å²) in [5, 5.41) is 0.736. The van der Waals surface area contributed by atoms with E-state index in [4.69, 9.17) is 14.5 Å². The number of ether oxygens (including phenoxy) is 2. The van der Waals surface area contributed by atoms with Crippen molar-refractivity contribution < 1.29 is 9.47 Å². The zero-order valence-corrected chi connectivity index (χ0v) is 14.7. The SMILES string of the molecule is CN=Cc1c(-c2cccc(OC)c2OC)nc2n(c1=O)CCCS2. The fourth-order valence-corrected chi connectivity index (χ4v) is 3.71. The third kappa shape index (κ3) is 2.80. The number of aliphatic imine (C=N–C) groups is 1. The maximum absolute atomic E-state index is 12.9. The minimum atomic E-state index is -0.0716. The fraction of sp³-hybridized carbons (Fsp3) is 0.353. The van der Waals surface area contributed by atoms with Crippen molar-refractivity contribution in [1.82, 2.24) is 9.55 Å². The van der Waals surface area contributed by atoms with Crippen LogP contribution < -0.4 is 15.0 Å². The summed E-state index contributed by atoms with van der Waals surface area (Å²) in [6, 6.07) is 5.55. The molecule has 0 amide bonds. The summed E-state index contributed by atoms with van der Waals surface area (Å²) >= 11 is 1.60. The molecule has 0 bridgehead atoms. The first kappa shape index (κ1) is 16.6. The van der Waals surface area contributed by atoms with Gasteiger partial charge in [0, 0.05) is 31.1 Å². The van der Waals surface area contributed by atoms with E-state index < -0.39 is 0 Å². The monoisotopic (exact) mass is 345 g/mol. The molecule has 1 aromatic heterocycles. The lowest BCUT2D eigenvalue weighted by molar-refractivity contribution is 0.356. The summed E-state index contributed by atoms with van der Waals surface area (Å²) < 4.78 is 12.6. The van der Waals surface area contributed by atoms with Crippen molar-refractivity contribution in [2.24, 2.45) is 4.99 Å². The highest BCUT2D eigenvalue weighted by Crippen LogP contribution is 2.38. The lowest BCUT2D eigenvalue weighted by Gasteiger charge is -2.20. The van der Waals surface area contributed by atoms with Crippen LogP contribution in [0.5, 0.6) is 11.5 Å². The molecule has 6 nitrogen and oxygen atoms in total. The average molecular weight is 345 g/mol. The van der Waals surface area contributed by atoms with E-state index in [-0.39, 0.29) is 5.56 Å². The Kier molecular flexibility index (Phi) is 4.89. The summed E-state index contributed by atoms with van der Waals surface area (Å²) in [6.07, 6.45) is 2.53. The predicted octanol–water partition coefficient (Wildman–Crippen LogP) is 2.47. The molecule has 24 heavy (non-hydrogen) atoms. The van der Waals surface area contributed by atoms with Gasteiger partial charge in [-0.15, -0.1) is 0 Å².